The molecule has 3 aromatic rings. The van der Waals surface area contributed by atoms with E-state index in [1.165, 1.54) is 0 Å². The van der Waals surface area contributed by atoms with Gasteiger partial charge in [0.15, 0.2) is 0 Å². The van der Waals surface area contributed by atoms with Crippen molar-refractivity contribution in [2.75, 3.05) is 20.3 Å². The van der Waals surface area contributed by atoms with Crippen LogP contribution in [0, 0.1) is 5.92 Å². The average Bonchev–Trinajstić information content (AvgIpc) is 3.49. The first-order valence-corrected chi connectivity index (χ1v) is 10.3. The normalized spacial score (nSPS) is 13.5. The molecule has 6 heteroatoms. The molecule has 1 aliphatic rings. The zero-order chi connectivity index (χ0) is 19.3. The second-order valence-electron chi connectivity index (χ2n) is 6.85. The quantitative estimate of drug-likeness (QED) is 0.503. The van der Waals surface area contributed by atoms with Crippen molar-refractivity contribution in [1.82, 2.24) is 9.97 Å². The first-order valence-electron chi connectivity index (χ1n) is 9.38. The van der Waals surface area contributed by atoms with Crippen LogP contribution in [-0.4, -0.2) is 36.1 Å². The fourth-order valence-electron chi connectivity index (χ4n) is 2.92. The number of ketones is 1. The van der Waals surface area contributed by atoms with E-state index in [9.17, 15) is 4.79 Å². The number of hydrogen-bond donors (Lipinski definition) is 0. The first-order chi connectivity index (χ1) is 13.7. The number of hydrogen-bond acceptors (Lipinski definition) is 6. The van der Waals surface area contributed by atoms with Crippen LogP contribution in [0.4, 0.5) is 0 Å². The van der Waals surface area contributed by atoms with Crippen LogP contribution in [0.15, 0.2) is 48.0 Å². The summed E-state index contributed by atoms with van der Waals surface area (Å²) in [5.41, 5.74) is 4.09. The molecule has 28 heavy (non-hydrogen) atoms. The Morgan fingerprint density at radius 2 is 1.82 bits per heavy atom. The van der Waals surface area contributed by atoms with Gasteiger partial charge >= 0.3 is 0 Å². The lowest BCUT2D eigenvalue weighted by molar-refractivity contribution is -0.119. The van der Waals surface area contributed by atoms with Crippen LogP contribution in [-0.2, 0) is 16.0 Å². The third kappa shape index (κ3) is 4.64. The third-order valence-electron chi connectivity index (χ3n) is 4.70. The van der Waals surface area contributed by atoms with Crippen LogP contribution < -0.4 is 4.74 Å². The van der Waals surface area contributed by atoms with Gasteiger partial charge in [0.05, 0.1) is 18.7 Å². The number of aromatic nitrogens is 2. The van der Waals surface area contributed by atoms with Gasteiger partial charge in [-0.15, -0.1) is 11.3 Å². The van der Waals surface area contributed by atoms with Crippen molar-refractivity contribution >= 4 is 17.1 Å². The maximum absolute atomic E-state index is 12.0. The van der Waals surface area contributed by atoms with Gasteiger partial charge in [-0.3, -0.25) is 4.79 Å². The lowest BCUT2D eigenvalue weighted by Crippen LogP contribution is -2.05. The Bertz CT molecular complexity index is 931. The minimum Gasteiger partial charge on any atom is -0.475 e. The van der Waals surface area contributed by atoms with Gasteiger partial charge in [0.2, 0.25) is 5.88 Å². The van der Waals surface area contributed by atoms with E-state index in [1.54, 1.807) is 18.4 Å². The van der Waals surface area contributed by atoms with Crippen LogP contribution in [0.1, 0.15) is 17.8 Å². The molecule has 0 unspecified atom stereocenters. The van der Waals surface area contributed by atoms with Gasteiger partial charge in [-0.2, -0.15) is 0 Å². The number of carbonyl (C=O) groups excluding carboxylic acids is 1. The molecule has 0 bridgehead atoms. The molecule has 0 spiro atoms. The Hall–Kier alpha value is -2.57. The fraction of sp³-hybridized carbons (Fsp3) is 0.318. The monoisotopic (exact) mass is 394 g/mol. The number of pyridine rings is 1. The molecule has 0 amide bonds. The minimum absolute atomic E-state index is 0.289. The summed E-state index contributed by atoms with van der Waals surface area (Å²) in [6.07, 6.45) is 4.38. The minimum atomic E-state index is 0.289. The Morgan fingerprint density at radius 3 is 2.50 bits per heavy atom. The van der Waals surface area contributed by atoms with E-state index in [1.807, 2.05) is 23.7 Å². The van der Waals surface area contributed by atoms with Crippen LogP contribution in [0.3, 0.4) is 0 Å². The summed E-state index contributed by atoms with van der Waals surface area (Å²) in [6, 6.07) is 12.1. The number of rotatable bonds is 9. The summed E-state index contributed by atoms with van der Waals surface area (Å²) in [7, 11) is 1.64. The summed E-state index contributed by atoms with van der Waals surface area (Å²) in [5.74, 6) is 1.21. The van der Waals surface area contributed by atoms with Crippen LogP contribution in [0.25, 0.3) is 22.4 Å². The summed E-state index contributed by atoms with van der Waals surface area (Å²) < 4.78 is 10.5. The van der Waals surface area contributed by atoms with Gasteiger partial charge in [-0.05, 0) is 24.5 Å². The summed E-state index contributed by atoms with van der Waals surface area (Å²) in [6.45, 7) is 1.03. The maximum atomic E-state index is 12.0. The van der Waals surface area contributed by atoms with E-state index >= 15 is 0 Å². The average molecular weight is 394 g/mol. The van der Waals surface area contributed by atoms with E-state index in [4.69, 9.17) is 9.47 Å². The topological polar surface area (TPSA) is 61.3 Å². The lowest BCUT2D eigenvalue weighted by Gasteiger charge is -2.06. The number of Topliss-reactive ketones (excluding diaryl/α,β-unsaturated/α-hetero) is 1. The van der Waals surface area contributed by atoms with Crippen LogP contribution in [0.5, 0.6) is 5.88 Å². The van der Waals surface area contributed by atoms with E-state index < -0.39 is 0 Å². The predicted molar refractivity (Wildman–Crippen MR) is 110 cm³/mol. The molecule has 2 heterocycles. The standard InChI is InChI=1S/C22H22N2O3S/c1-26-10-11-27-21-9-8-18(13-23-21)15-2-4-16(5-3-15)19-14-28-22(24-19)12-20(25)17-6-7-17/h2-5,8-9,13-14,17H,6-7,10-12H2,1H3. The highest BCUT2D eigenvalue weighted by atomic mass is 32.1. The molecule has 0 N–H and O–H groups in total. The Morgan fingerprint density at radius 1 is 1.07 bits per heavy atom. The van der Waals surface area contributed by atoms with Crippen LogP contribution in [0.2, 0.25) is 0 Å². The van der Waals surface area contributed by atoms with E-state index in [0.29, 0.717) is 31.3 Å². The fourth-order valence-corrected chi connectivity index (χ4v) is 3.74. The molecular weight excluding hydrogens is 372 g/mol. The van der Waals surface area contributed by atoms with Crippen molar-refractivity contribution in [1.29, 1.82) is 0 Å². The Kier molecular flexibility index (Phi) is 5.78. The summed E-state index contributed by atoms with van der Waals surface area (Å²) in [5, 5.41) is 2.93. The first kappa shape index (κ1) is 18.8. The van der Waals surface area contributed by atoms with E-state index in [-0.39, 0.29) is 5.92 Å². The molecule has 0 radical (unpaired) electrons. The largest absolute Gasteiger partial charge is 0.475 e. The SMILES string of the molecule is COCCOc1ccc(-c2ccc(-c3csc(CC(=O)C4CC4)n3)cc2)cn1. The number of carbonyl (C=O) groups is 1. The van der Waals surface area contributed by atoms with Crippen LogP contribution >= 0.6 is 11.3 Å². The Labute approximate surface area is 168 Å². The number of methoxy groups -OCH3 is 1. The molecule has 0 atom stereocenters. The molecule has 1 aliphatic carbocycles. The van der Waals surface area contributed by atoms with Gasteiger partial charge in [0.1, 0.15) is 17.4 Å². The van der Waals surface area contributed by atoms with Gasteiger partial charge < -0.3 is 9.47 Å². The molecule has 1 aromatic carbocycles. The van der Waals surface area contributed by atoms with Gasteiger partial charge in [0.25, 0.3) is 0 Å². The Balaban J connectivity index is 1.41. The molecule has 0 saturated heterocycles. The molecule has 0 aliphatic heterocycles. The molecule has 4 rings (SSSR count). The maximum Gasteiger partial charge on any atom is 0.213 e. The smallest absolute Gasteiger partial charge is 0.213 e. The molecular formula is C22H22N2O3S. The van der Waals surface area contributed by atoms with Crippen molar-refractivity contribution in [2.45, 2.75) is 19.3 Å². The van der Waals surface area contributed by atoms with Gasteiger partial charge in [0, 0.05) is 41.8 Å². The van der Waals surface area contributed by atoms with Crippen molar-refractivity contribution in [2.24, 2.45) is 5.92 Å². The zero-order valence-electron chi connectivity index (χ0n) is 15.8. The highest BCUT2D eigenvalue weighted by Crippen LogP contribution is 2.32. The third-order valence-corrected chi connectivity index (χ3v) is 5.55. The van der Waals surface area contributed by atoms with Crippen molar-refractivity contribution in [3.8, 4) is 28.3 Å². The number of nitrogens with zero attached hydrogens (tertiary/aromatic N) is 2. The lowest BCUT2D eigenvalue weighted by atomic mass is 10.0. The van der Waals surface area contributed by atoms with Crippen molar-refractivity contribution < 1.29 is 14.3 Å². The molecule has 144 valence electrons. The predicted octanol–water partition coefficient (Wildman–Crippen LogP) is 4.42. The highest BCUT2D eigenvalue weighted by molar-refractivity contribution is 7.10. The molecule has 2 aromatic heterocycles. The number of thiazole rings is 1. The second-order valence-corrected chi connectivity index (χ2v) is 7.79. The van der Waals surface area contributed by atoms with Crippen molar-refractivity contribution in [3.63, 3.8) is 0 Å². The highest BCUT2D eigenvalue weighted by Gasteiger charge is 2.29. The van der Waals surface area contributed by atoms with Gasteiger partial charge in [-0.1, -0.05) is 24.3 Å². The summed E-state index contributed by atoms with van der Waals surface area (Å²) in [4.78, 5) is 20.9. The second kappa shape index (κ2) is 8.63. The zero-order valence-corrected chi connectivity index (χ0v) is 16.6. The van der Waals surface area contributed by atoms with Crippen molar-refractivity contribution in [3.05, 3.63) is 53.0 Å². The molecule has 1 saturated carbocycles. The van der Waals surface area contributed by atoms with Gasteiger partial charge in [-0.25, -0.2) is 9.97 Å². The molecule has 5 nitrogen and oxygen atoms in total. The molecule has 1 fully saturated rings. The van der Waals surface area contributed by atoms with E-state index in [2.05, 4.69) is 34.2 Å². The summed E-state index contributed by atoms with van der Waals surface area (Å²) >= 11 is 1.56. The number of ether oxygens (including phenoxy) is 2. The van der Waals surface area contributed by atoms with E-state index in [0.717, 1.165) is 40.2 Å². The number of benzene rings is 1.